The van der Waals surface area contributed by atoms with Crippen LogP contribution in [0.1, 0.15) is 11.1 Å². The van der Waals surface area contributed by atoms with Crippen molar-refractivity contribution >= 4 is 34.4 Å². The van der Waals surface area contributed by atoms with Crippen LogP contribution in [0.3, 0.4) is 0 Å². The van der Waals surface area contributed by atoms with Crippen LogP contribution in [0.5, 0.6) is 0 Å². The molecule has 0 nitrogen and oxygen atoms in total. The van der Waals surface area contributed by atoms with Crippen LogP contribution in [0.15, 0.2) is 18.2 Å². The predicted octanol–water partition coefficient (Wildman–Crippen LogP) is 3.72. The van der Waals surface area contributed by atoms with Gasteiger partial charge in [-0.3, -0.25) is 0 Å². The minimum atomic E-state index is -0.993. The van der Waals surface area contributed by atoms with Gasteiger partial charge < -0.3 is 0 Å². The normalized spacial score (nSPS) is 10.6. The van der Waals surface area contributed by atoms with Gasteiger partial charge >= 0.3 is 0 Å². The molecule has 3 heteroatoms. The molecule has 0 amide bonds. The smallest absolute Gasteiger partial charge is 0.0727 e. The van der Waals surface area contributed by atoms with Gasteiger partial charge in [-0.2, -0.15) is 0 Å². The molecular formula is C8H9Cl2P. The summed E-state index contributed by atoms with van der Waals surface area (Å²) < 4.78 is 0. The highest BCUT2D eigenvalue weighted by Crippen LogP contribution is 2.46. The average Bonchev–Trinajstić information content (AvgIpc) is 1.85. The van der Waals surface area contributed by atoms with E-state index in [2.05, 4.69) is 0 Å². The van der Waals surface area contributed by atoms with Gasteiger partial charge in [0, 0.05) is 5.30 Å². The number of halogens is 2. The third kappa shape index (κ3) is 2.08. The summed E-state index contributed by atoms with van der Waals surface area (Å²) in [6.07, 6.45) is 0. The highest BCUT2D eigenvalue weighted by Gasteiger charge is 2.09. The van der Waals surface area contributed by atoms with Gasteiger partial charge in [0.05, 0.1) is 0 Å². The molecule has 60 valence electrons. The number of rotatable bonds is 1. The largest absolute Gasteiger partial charge is 0.117 e. The van der Waals surface area contributed by atoms with Gasteiger partial charge in [-0.05, 0) is 25.0 Å². The molecule has 0 aliphatic heterocycles. The highest BCUT2D eigenvalue weighted by atomic mass is 35.9. The minimum absolute atomic E-state index is 0.993. The Morgan fingerprint density at radius 2 is 1.55 bits per heavy atom. The molecule has 0 aromatic heterocycles. The van der Waals surface area contributed by atoms with E-state index in [1.54, 1.807) is 0 Å². The van der Waals surface area contributed by atoms with Crippen LogP contribution in [0.2, 0.25) is 0 Å². The molecule has 0 radical (unpaired) electrons. The first-order valence-corrected chi connectivity index (χ1v) is 6.46. The van der Waals surface area contributed by atoms with Crippen molar-refractivity contribution in [1.29, 1.82) is 0 Å². The SMILES string of the molecule is Cc1cccc(C)c1P(Cl)Cl. The summed E-state index contributed by atoms with van der Waals surface area (Å²) in [5.41, 5.74) is 2.36. The van der Waals surface area contributed by atoms with Gasteiger partial charge in [-0.1, -0.05) is 40.7 Å². The molecule has 0 saturated carbocycles. The van der Waals surface area contributed by atoms with Gasteiger partial charge in [-0.15, -0.1) is 0 Å². The van der Waals surface area contributed by atoms with Gasteiger partial charge in [0.25, 0.3) is 0 Å². The van der Waals surface area contributed by atoms with Crippen LogP contribution < -0.4 is 5.30 Å². The van der Waals surface area contributed by atoms with Crippen LogP contribution in [-0.2, 0) is 0 Å². The van der Waals surface area contributed by atoms with Crippen molar-refractivity contribution in [1.82, 2.24) is 0 Å². The average molecular weight is 207 g/mol. The van der Waals surface area contributed by atoms with Gasteiger partial charge in [0.1, 0.15) is 6.63 Å². The molecule has 0 aliphatic rings. The van der Waals surface area contributed by atoms with E-state index in [-0.39, 0.29) is 0 Å². The highest BCUT2D eigenvalue weighted by molar-refractivity contribution is 8.09. The van der Waals surface area contributed by atoms with Crippen LogP contribution in [-0.4, -0.2) is 0 Å². The molecule has 0 bridgehead atoms. The Balaban J connectivity index is 3.21. The summed E-state index contributed by atoms with van der Waals surface area (Å²) >= 11 is 11.7. The van der Waals surface area contributed by atoms with Gasteiger partial charge in [0.15, 0.2) is 0 Å². The summed E-state index contributed by atoms with van der Waals surface area (Å²) in [6, 6.07) is 6.08. The first-order chi connectivity index (χ1) is 5.13. The summed E-state index contributed by atoms with van der Waals surface area (Å²) in [6.45, 7) is 3.07. The fraction of sp³-hybridized carbons (Fsp3) is 0.250. The molecule has 0 unspecified atom stereocenters. The molecule has 11 heavy (non-hydrogen) atoms. The fourth-order valence-electron chi connectivity index (χ4n) is 1.07. The molecule has 0 atom stereocenters. The maximum absolute atomic E-state index is 5.84. The molecule has 0 N–H and O–H groups in total. The van der Waals surface area contributed by atoms with E-state index >= 15 is 0 Å². The first-order valence-electron chi connectivity index (χ1n) is 3.31. The Morgan fingerprint density at radius 1 is 1.09 bits per heavy atom. The Hall–Kier alpha value is 0.230. The van der Waals surface area contributed by atoms with E-state index in [1.807, 2.05) is 32.0 Å². The second-order valence-electron chi connectivity index (χ2n) is 2.47. The zero-order chi connectivity index (χ0) is 8.43. The van der Waals surface area contributed by atoms with E-state index in [0.717, 1.165) is 5.30 Å². The number of hydrogen-bond acceptors (Lipinski definition) is 0. The molecule has 0 aliphatic carbocycles. The third-order valence-corrected chi connectivity index (χ3v) is 3.67. The summed E-state index contributed by atoms with van der Waals surface area (Å²) in [5, 5.41) is 1.10. The molecular weight excluding hydrogens is 198 g/mol. The second kappa shape index (κ2) is 3.76. The lowest BCUT2D eigenvalue weighted by Gasteiger charge is -2.08. The van der Waals surface area contributed by atoms with E-state index < -0.39 is 6.63 Å². The van der Waals surface area contributed by atoms with E-state index in [4.69, 9.17) is 22.5 Å². The molecule has 0 heterocycles. The topological polar surface area (TPSA) is 0 Å². The zero-order valence-corrected chi connectivity index (χ0v) is 8.84. The lowest BCUT2D eigenvalue weighted by molar-refractivity contribution is 1.44. The van der Waals surface area contributed by atoms with Crippen LogP contribution in [0, 0.1) is 13.8 Å². The van der Waals surface area contributed by atoms with Crippen molar-refractivity contribution in [3.8, 4) is 0 Å². The number of benzene rings is 1. The molecule has 1 rings (SSSR count). The Morgan fingerprint density at radius 3 is 1.82 bits per heavy atom. The van der Waals surface area contributed by atoms with Crippen molar-refractivity contribution in [2.75, 3.05) is 0 Å². The van der Waals surface area contributed by atoms with Crippen molar-refractivity contribution in [3.63, 3.8) is 0 Å². The molecule has 0 saturated heterocycles. The van der Waals surface area contributed by atoms with Crippen LogP contribution in [0.4, 0.5) is 0 Å². The maximum atomic E-state index is 5.84. The standard InChI is InChI=1S/C8H9Cl2P/c1-6-4-3-5-7(2)8(6)11(9)10/h3-5H,1-2H3. The van der Waals surface area contributed by atoms with Crippen molar-refractivity contribution in [2.24, 2.45) is 0 Å². The second-order valence-corrected chi connectivity index (χ2v) is 5.93. The van der Waals surface area contributed by atoms with Gasteiger partial charge in [-0.25, -0.2) is 0 Å². The number of aryl methyl sites for hydroxylation is 2. The van der Waals surface area contributed by atoms with Gasteiger partial charge in [0.2, 0.25) is 0 Å². The minimum Gasteiger partial charge on any atom is -0.0727 e. The van der Waals surface area contributed by atoms with E-state index in [1.165, 1.54) is 11.1 Å². The summed E-state index contributed by atoms with van der Waals surface area (Å²) in [7, 11) is 0. The van der Waals surface area contributed by atoms with Crippen LogP contribution >= 0.6 is 29.1 Å². The lowest BCUT2D eigenvalue weighted by Crippen LogP contribution is -2.04. The Kier molecular flexibility index (Phi) is 3.18. The van der Waals surface area contributed by atoms with Crippen molar-refractivity contribution in [3.05, 3.63) is 29.3 Å². The quantitative estimate of drug-likeness (QED) is 0.615. The molecule has 0 fully saturated rings. The number of hydrogen-bond donors (Lipinski definition) is 0. The zero-order valence-electron chi connectivity index (χ0n) is 6.44. The molecule has 0 spiro atoms. The first kappa shape index (κ1) is 9.32. The Labute approximate surface area is 77.9 Å². The predicted molar refractivity (Wildman–Crippen MR) is 54.2 cm³/mol. The molecule has 1 aromatic carbocycles. The Bertz CT molecular complexity index is 238. The summed E-state index contributed by atoms with van der Waals surface area (Å²) in [5.74, 6) is 0. The molecule has 1 aromatic rings. The van der Waals surface area contributed by atoms with Crippen molar-refractivity contribution < 1.29 is 0 Å². The third-order valence-electron chi connectivity index (χ3n) is 1.61. The monoisotopic (exact) mass is 206 g/mol. The summed E-state index contributed by atoms with van der Waals surface area (Å²) in [4.78, 5) is 0. The van der Waals surface area contributed by atoms with E-state index in [9.17, 15) is 0 Å². The van der Waals surface area contributed by atoms with Crippen molar-refractivity contribution in [2.45, 2.75) is 13.8 Å². The van der Waals surface area contributed by atoms with E-state index in [0.29, 0.717) is 0 Å². The van der Waals surface area contributed by atoms with Crippen LogP contribution in [0.25, 0.3) is 0 Å². The lowest BCUT2D eigenvalue weighted by atomic mass is 10.2. The maximum Gasteiger partial charge on any atom is 0.117 e. The fourth-order valence-corrected chi connectivity index (χ4v) is 3.35.